The maximum atomic E-state index is 12.8. The van der Waals surface area contributed by atoms with Gasteiger partial charge in [-0.2, -0.15) is 10.2 Å². The van der Waals surface area contributed by atoms with E-state index in [4.69, 9.17) is 11.6 Å². The smallest absolute Gasteiger partial charge is 0.247 e. The molecule has 1 aliphatic rings. The third-order valence-corrected chi connectivity index (χ3v) is 4.70. The molecule has 0 bridgehead atoms. The molecule has 3 heterocycles. The zero-order chi connectivity index (χ0) is 15.9. The molecule has 1 fully saturated rings. The first-order chi connectivity index (χ1) is 10.5. The maximum absolute atomic E-state index is 12.8. The molecule has 2 aromatic heterocycles. The second-order valence-corrected chi connectivity index (χ2v) is 6.01. The summed E-state index contributed by atoms with van der Waals surface area (Å²) in [6.07, 6.45) is 4.87. The highest BCUT2D eigenvalue weighted by Gasteiger charge is 2.36. The molecule has 118 valence electrons. The van der Waals surface area contributed by atoms with E-state index in [1.54, 1.807) is 15.7 Å². The first-order valence-corrected chi connectivity index (χ1v) is 7.72. The molecule has 0 N–H and O–H groups in total. The molecular formula is C14H19ClN6O. The molecule has 2 aromatic rings. The SMILES string of the molecule is Cc1nn(C)c(Cl)c1[C@@H]1CCCN1C(=O)[C@@H](C)n1cncn1. The van der Waals surface area contributed by atoms with Crippen molar-refractivity contribution in [3.05, 3.63) is 29.1 Å². The van der Waals surface area contributed by atoms with E-state index in [1.807, 2.05) is 25.8 Å². The van der Waals surface area contributed by atoms with Gasteiger partial charge in [-0.1, -0.05) is 11.6 Å². The minimum absolute atomic E-state index is 0.0142. The Morgan fingerprint density at radius 2 is 2.27 bits per heavy atom. The van der Waals surface area contributed by atoms with Gasteiger partial charge in [-0.15, -0.1) is 0 Å². The molecule has 1 saturated heterocycles. The van der Waals surface area contributed by atoms with Crippen molar-refractivity contribution in [1.29, 1.82) is 0 Å². The zero-order valence-electron chi connectivity index (χ0n) is 12.9. The Bertz CT molecular complexity index is 680. The Hall–Kier alpha value is -1.89. The van der Waals surface area contributed by atoms with Crippen molar-refractivity contribution in [3.63, 3.8) is 0 Å². The summed E-state index contributed by atoms with van der Waals surface area (Å²) in [5, 5.41) is 9.03. The van der Waals surface area contributed by atoms with E-state index in [0.717, 1.165) is 30.6 Å². The number of amides is 1. The lowest BCUT2D eigenvalue weighted by atomic mass is 10.1. The van der Waals surface area contributed by atoms with Gasteiger partial charge < -0.3 is 4.90 Å². The van der Waals surface area contributed by atoms with Crippen molar-refractivity contribution in [2.45, 2.75) is 38.8 Å². The lowest BCUT2D eigenvalue weighted by molar-refractivity contribution is -0.135. The van der Waals surface area contributed by atoms with E-state index >= 15 is 0 Å². The van der Waals surface area contributed by atoms with E-state index in [0.29, 0.717) is 5.15 Å². The number of aromatic nitrogens is 5. The molecular weight excluding hydrogens is 304 g/mol. The fourth-order valence-corrected chi connectivity index (χ4v) is 3.43. The number of rotatable bonds is 3. The van der Waals surface area contributed by atoms with Crippen molar-refractivity contribution in [2.75, 3.05) is 6.54 Å². The topological polar surface area (TPSA) is 68.8 Å². The van der Waals surface area contributed by atoms with Crippen LogP contribution >= 0.6 is 11.6 Å². The highest BCUT2D eigenvalue weighted by Crippen LogP contribution is 2.38. The molecule has 22 heavy (non-hydrogen) atoms. The van der Waals surface area contributed by atoms with E-state index in [9.17, 15) is 4.79 Å². The summed E-state index contributed by atoms with van der Waals surface area (Å²) < 4.78 is 3.24. The Labute approximate surface area is 133 Å². The second kappa shape index (κ2) is 5.72. The lowest BCUT2D eigenvalue weighted by Gasteiger charge is -2.27. The standard InChI is InChI=1S/C14H19ClN6O/c1-9-12(13(15)19(3)18-9)11-5-4-6-20(11)14(22)10(2)21-8-16-7-17-21/h7-8,10-11H,4-6H2,1-3H3/t10-,11+/m1/s1. The maximum Gasteiger partial charge on any atom is 0.247 e. The summed E-state index contributed by atoms with van der Waals surface area (Å²) >= 11 is 6.38. The number of nitrogens with zero attached hydrogens (tertiary/aromatic N) is 6. The van der Waals surface area contributed by atoms with Crippen molar-refractivity contribution in [3.8, 4) is 0 Å². The first kappa shape index (κ1) is 15.0. The van der Waals surface area contributed by atoms with Crippen LogP contribution in [-0.2, 0) is 11.8 Å². The van der Waals surface area contributed by atoms with Gasteiger partial charge in [-0.05, 0) is 26.7 Å². The monoisotopic (exact) mass is 322 g/mol. The molecule has 7 nitrogen and oxygen atoms in total. The first-order valence-electron chi connectivity index (χ1n) is 7.34. The lowest BCUT2D eigenvalue weighted by Crippen LogP contribution is -2.36. The van der Waals surface area contributed by atoms with Crippen LogP contribution in [0.3, 0.4) is 0 Å². The number of carbonyl (C=O) groups is 1. The van der Waals surface area contributed by atoms with Gasteiger partial charge in [-0.25, -0.2) is 9.67 Å². The number of hydrogen-bond acceptors (Lipinski definition) is 4. The van der Waals surface area contributed by atoms with Crippen LogP contribution in [0.25, 0.3) is 0 Å². The van der Waals surface area contributed by atoms with Gasteiger partial charge in [0.25, 0.3) is 0 Å². The van der Waals surface area contributed by atoms with E-state index in [1.165, 1.54) is 6.33 Å². The van der Waals surface area contributed by atoms with E-state index < -0.39 is 0 Å². The van der Waals surface area contributed by atoms with Crippen LogP contribution in [-0.4, -0.2) is 41.9 Å². The molecule has 8 heteroatoms. The number of hydrogen-bond donors (Lipinski definition) is 0. The average molecular weight is 323 g/mol. The summed E-state index contributed by atoms with van der Waals surface area (Å²) in [7, 11) is 1.82. The Kier molecular flexibility index (Phi) is 3.90. The number of halogens is 1. The van der Waals surface area contributed by atoms with E-state index in [2.05, 4.69) is 15.2 Å². The second-order valence-electron chi connectivity index (χ2n) is 5.65. The third-order valence-electron chi connectivity index (χ3n) is 4.26. The van der Waals surface area contributed by atoms with Crippen LogP contribution in [0.5, 0.6) is 0 Å². The average Bonchev–Trinajstić information content (AvgIpc) is 3.20. The fourth-order valence-electron chi connectivity index (χ4n) is 3.13. The molecule has 1 amide bonds. The molecule has 0 aromatic carbocycles. The van der Waals surface area contributed by atoms with Crippen molar-refractivity contribution < 1.29 is 4.79 Å². The van der Waals surface area contributed by atoms with Crippen LogP contribution in [0.15, 0.2) is 12.7 Å². The fraction of sp³-hybridized carbons (Fsp3) is 0.571. The van der Waals surface area contributed by atoms with Gasteiger partial charge in [0.2, 0.25) is 5.91 Å². The predicted molar refractivity (Wildman–Crippen MR) is 81.4 cm³/mol. The molecule has 0 saturated carbocycles. The normalized spacial score (nSPS) is 19.6. The summed E-state index contributed by atoms with van der Waals surface area (Å²) in [6, 6.07) is -0.390. The summed E-state index contributed by atoms with van der Waals surface area (Å²) in [5.74, 6) is 0.0346. The Morgan fingerprint density at radius 3 is 2.86 bits per heavy atom. The largest absolute Gasteiger partial charge is 0.334 e. The van der Waals surface area contributed by atoms with Gasteiger partial charge in [0.15, 0.2) is 0 Å². The van der Waals surface area contributed by atoms with Gasteiger partial charge >= 0.3 is 0 Å². The minimum atomic E-state index is -0.376. The quantitative estimate of drug-likeness (QED) is 0.865. The number of aryl methyl sites for hydroxylation is 2. The summed E-state index contributed by atoms with van der Waals surface area (Å²) in [6.45, 7) is 4.50. The zero-order valence-corrected chi connectivity index (χ0v) is 13.7. The molecule has 0 aliphatic carbocycles. The molecule has 2 atom stereocenters. The number of carbonyl (C=O) groups excluding carboxylic acids is 1. The van der Waals surface area contributed by atoms with Gasteiger partial charge in [0.1, 0.15) is 23.8 Å². The van der Waals surface area contributed by atoms with E-state index in [-0.39, 0.29) is 18.0 Å². The highest BCUT2D eigenvalue weighted by molar-refractivity contribution is 6.30. The Morgan fingerprint density at radius 1 is 1.50 bits per heavy atom. The summed E-state index contributed by atoms with van der Waals surface area (Å²) in [5.41, 5.74) is 1.84. The number of likely N-dealkylation sites (tertiary alicyclic amines) is 1. The minimum Gasteiger partial charge on any atom is -0.334 e. The van der Waals surface area contributed by atoms with Crippen LogP contribution in [0, 0.1) is 6.92 Å². The molecule has 0 unspecified atom stereocenters. The Balaban J connectivity index is 1.88. The molecule has 3 rings (SSSR count). The van der Waals surface area contributed by atoms with Gasteiger partial charge in [0, 0.05) is 19.2 Å². The molecule has 0 radical (unpaired) electrons. The van der Waals surface area contributed by atoms with Crippen molar-refractivity contribution in [2.24, 2.45) is 7.05 Å². The van der Waals surface area contributed by atoms with Crippen molar-refractivity contribution >= 4 is 17.5 Å². The molecule has 1 aliphatic heterocycles. The van der Waals surface area contributed by atoms with Gasteiger partial charge in [-0.3, -0.25) is 9.48 Å². The highest BCUT2D eigenvalue weighted by atomic mass is 35.5. The summed E-state index contributed by atoms with van der Waals surface area (Å²) in [4.78, 5) is 18.6. The van der Waals surface area contributed by atoms with Crippen LogP contribution in [0.1, 0.15) is 43.1 Å². The molecule has 0 spiro atoms. The van der Waals surface area contributed by atoms with Gasteiger partial charge in [0.05, 0.1) is 11.7 Å². The predicted octanol–water partition coefficient (Wildman–Crippen LogP) is 1.90. The van der Waals surface area contributed by atoms with Crippen LogP contribution in [0.4, 0.5) is 0 Å². The van der Waals surface area contributed by atoms with Crippen LogP contribution in [0.2, 0.25) is 5.15 Å². The van der Waals surface area contributed by atoms with Crippen LogP contribution < -0.4 is 0 Å². The third kappa shape index (κ3) is 2.39. The van der Waals surface area contributed by atoms with Crippen molar-refractivity contribution in [1.82, 2.24) is 29.4 Å².